The Labute approximate surface area is 166 Å². The maximum absolute atomic E-state index is 12.8. The Bertz CT molecular complexity index is 1090. The summed E-state index contributed by atoms with van der Waals surface area (Å²) in [6.07, 6.45) is 7.71. The van der Waals surface area contributed by atoms with E-state index in [-0.39, 0.29) is 29.1 Å². The predicted molar refractivity (Wildman–Crippen MR) is 102 cm³/mol. The monoisotopic (exact) mass is 393 g/mol. The number of carbonyl (C=O) groups is 2. The molecule has 2 aromatic rings. The van der Waals surface area contributed by atoms with Crippen LogP contribution in [0.25, 0.3) is 11.4 Å². The molecule has 1 aliphatic heterocycles. The number of nitrogens with one attached hydrogen (secondary N) is 1. The molecule has 148 valence electrons. The smallest absolute Gasteiger partial charge is 0.255 e. The molecule has 2 aliphatic rings. The Balaban J connectivity index is 1.69. The molecule has 0 radical (unpaired) electrons. The molecule has 1 unspecified atom stereocenters. The Morgan fingerprint density at radius 1 is 1.31 bits per heavy atom. The predicted octanol–water partition coefficient (Wildman–Crippen LogP) is 1.08. The van der Waals surface area contributed by atoms with Crippen LogP contribution in [0.5, 0.6) is 0 Å². The van der Waals surface area contributed by atoms with E-state index in [0.29, 0.717) is 30.2 Å². The van der Waals surface area contributed by atoms with Gasteiger partial charge in [0.1, 0.15) is 12.2 Å². The second kappa shape index (κ2) is 7.78. The molecule has 29 heavy (non-hydrogen) atoms. The highest BCUT2D eigenvalue weighted by Gasteiger charge is 2.29. The molecular weight excluding hydrogens is 374 g/mol. The van der Waals surface area contributed by atoms with Crippen molar-refractivity contribution >= 4 is 11.7 Å². The van der Waals surface area contributed by atoms with Crippen molar-refractivity contribution in [2.45, 2.75) is 31.8 Å². The van der Waals surface area contributed by atoms with Crippen LogP contribution in [-0.4, -0.2) is 38.3 Å². The number of methoxy groups -OCH3 is 1. The van der Waals surface area contributed by atoms with Crippen LogP contribution >= 0.6 is 0 Å². The molecule has 1 N–H and O–H groups in total. The summed E-state index contributed by atoms with van der Waals surface area (Å²) in [5, 5.41) is 2.90. The number of hydrogen-bond donors (Lipinski definition) is 1. The van der Waals surface area contributed by atoms with E-state index in [2.05, 4.69) is 20.3 Å². The van der Waals surface area contributed by atoms with Gasteiger partial charge in [0.15, 0.2) is 5.76 Å². The van der Waals surface area contributed by atoms with E-state index in [1.54, 1.807) is 29.0 Å². The lowest BCUT2D eigenvalue weighted by Gasteiger charge is -2.27. The van der Waals surface area contributed by atoms with Crippen molar-refractivity contribution in [1.29, 1.82) is 0 Å². The van der Waals surface area contributed by atoms with Gasteiger partial charge in [0.05, 0.1) is 30.1 Å². The molecule has 0 bridgehead atoms. The number of ketones is 1. The highest BCUT2D eigenvalue weighted by Crippen LogP contribution is 2.25. The third-order valence-corrected chi connectivity index (χ3v) is 4.91. The fourth-order valence-electron chi connectivity index (χ4n) is 3.55. The number of allylic oxidation sites excluding steroid dienone is 2. The Morgan fingerprint density at radius 3 is 2.93 bits per heavy atom. The van der Waals surface area contributed by atoms with Crippen LogP contribution in [0, 0.1) is 0 Å². The van der Waals surface area contributed by atoms with Crippen molar-refractivity contribution in [3.8, 4) is 11.4 Å². The number of nitrogens with zero attached hydrogens (tertiary/aromatic N) is 4. The quantitative estimate of drug-likeness (QED) is 0.826. The van der Waals surface area contributed by atoms with Gasteiger partial charge in [-0.1, -0.05) is 6.08 Å². The molecule has 0 saturated heterocycles. The van der Waals surface area contributed by atoms with Crippen LogP contribution in [-0.2, 0) is 20.9 Å². The molecule has 3 heterocycles. The molecule has 1 aliphatic carbocycles. The summed E-state index contributed by atoms with van der Waals surface area (Å²) >= 11 is 0. The van der Waals surface area contributed by atoms with Crippen molar-refractivity contribution in [2.75, 3.05) is 7.11 Å². The minimum atomic E-state index is -0.471. The SMILES string of the molecule is COC1=C(C(=O)NC2CCCn3c2nc(-c2ccncn2)cc3=O)C=CCC1=O. The first-order valence-electron chi connectivity index (χ1n) is 9.25. The first-order chi connectivity index (χ1) is 14.1. The summed E-state index contributed by atoms with van der Waals surface area (Å²) in [7, 11) is 1.37. The van der Waals surface area contributed by atoms with Gasteiger partial charge in [0.25, 0.3) is 11.5 Å². The van der Waals surface area contributed by atoms with Gasteiger partial charge < -0.3 is 10.1 Å². The normalized spacial score (nSPS) is 18.4. The van der Waals surface area contributed by atoms with Crippen LogP contribution in [0.2, 0.25) is 0 Å². The van der Waals surface area contributed by atoms with E-state index >= 15 is 0 Å². The topological polar surface area (TPSA) is 116 Å². The number of aromatic nitrogens is 4. The lowest BCUT2D eigenvalue weighted by Crippen LogP contribution is -2.39. The summed E-state index contributed by atoms with van der Waals surface area (Å²) < 4.78 is 6.69. The van der Waals surface area contributed by atoms with E-state index in [4.69, 9.17) is 4.74 Å². The molecule has 0 spiro atoms. The van der Waals surface area contributed by atoms with Crippen molar-refractivity contribution < 1.29 is 14.3 Å². The van der Waals surface area contributed by atoms with E-state index in [9.17, 15) is 14.4 Å². The zero-order valence-electron chi connectivity index (χ0n) is 15.8. The number of ether oxygens (including phenoxy) is 1. The first kappa shape index (κ1) is 18.7. The summed E-state index contributed by atoms with van der Waals surface area (Å²) in [5.74, 6) is -0.173. The number of Topliss-reactive ketones (excluding diaryl/α,β-unsaturated/α-hetero) is 1. The summed E-state index contributed by atoms with van der Waals surface area (Å²) in [5.41, 5.74) is 0.929. The first-order valence-corrected chi connectivity index (χ1v) is 9.25. The van der Waals surface area contributed by atoms with Gasteiger partial charge in [-0.3, -0.25) is 19.0 Å². The molecule has 1 amide bonds. The molecule has 9 heteroatoms. The van der Waals surface area contributed by atoms with E-state index < -0.39 is 11.9 Å². The third-order valence-electron chi connectivity index (χ3n) is 4.91. The third kappa shape index (κ3) is 3.58. The number of fused-ring (bicyclic) bond motifs is 1. The van der Waals surface area contributed by atoms with Crippen LogP contribution in [0.4, 0.5) is 0 Å². The molecule has 0 saturated carbocycles. The summed E-state index contributed by atoms with van der Waals surface area (Å²) in [4.78, 5) is 50.1. The molecule has 9 nitrogen and oxygen atoms in total. The van der Waals surface area contributed by atoms with Crippen LogP contribution in [0.1, 0.15) is 31.1 Å². The zero-order valence-corrected chi connectivity index (χ0v) is 15.8. The van der Waals surface area contributed by atoms with Gasteiger partial charge in [-0.25, -0.2) is 15.0 Å². The zero-order chi connectivity index (χ0) is 20.4. The van der Waals surface area contributed by atoms with Gasteiger partial charge in [-0.05, 0) is 25.0 Å². The molecule has 0 aromatic carbocycles. The lowest BCUT2D eigenvalue weighted by atomic mass is 10.0. The molecule has 1 atom stereocenters. The molecule has 2 aromatic heterocycles. The lowest BCUT2D eigenvalue weighted by molar-refractivity contribution is -0.121. The van der Waals surface area contributed by atoms with Gasteiger partial charge >= 0.3 is 0 Å². The fraction of sp³-hybridized carbons (Fsp3) is 0.300. The van der Waals surface area contributed by atoms with Crippen LogP contribution in [0.3, 0.4) is 0 Å². The second-order valence-corrected chi connectivity index (χ2v) is 6.73. The number of rotatable bonds is 4. The largest absolute Gasteiger partial charge is 0.492 e. The molecular formula is C20H19N5O4. The van der Waals surface area contributed by atoms with Crippen molar-refractivity contribution in [2.24, 2.45) is 0 Å². The number of hydrogen-bond acceptors (Lipinski definition) is 7. The van der Waals surface area contributed by atoms with Crippen molar-refractivity contribution in [1.82, 2.24) is 24.8 Å². The average molecular weight is 393 g/mol. The summed E-state index contributed by atoms with van der Waals surface area (Å²) in [6, 6.07) is 2.63. The second-order valence-electron chi connectivity index (χ2n) is 6.73. The van der Waals surface area contributed by atoms with Crippen LogP contribution < -0.4 is 10.9 Å². The van der Waals surface area contributed by atoms with E-state index in [0.717, 1.165) is 6.42 Å². The highest BCUT2D eigenvalue weighted by atomic mass is 16.5. The average Bonchev–Trinajstić information content (AvgIpc) is 2.74. The number of carbonyl (C=O) groups excluding carboxylic acids is 2. The minimum Gasteiger partial charge on any atom is -0.492 e. The Morgan fingerprint density at radius 2 is 2.17 bits per heavy atom. The Hall–Kier alpha value is -3.62. The molecule has 0 fully saturated rings. The fourth-order valence-corrected chi connectivity index (χ4v) is 3.55. The maximum Gasteiger partial charge on any atom is 0.255 e. The van der Waals surface area contributed by atoms with Crippen LogP contribution in [0.15, 0.2) is 52.9 Å². The van der Waals surface area contributed by atoms with Gasteiger partial charge in [-0.2, -0.15) is 0 Å². The van der Waals surface area contributed by atoms with Crippen molar-refractivity contribution in [3.63, 3.8) is 0 Å². The minimum absolute atomic E-state index is 0.0425. The van der Waals surface area contributed by atoms with E-state index in [1.165, 1.54) is 19.5 Å². The summed E-state index contributed by atoms with van der Waals surface area (Å²) in [6.45, 7) is 0.530. The molecule has 4 rings (SSSR count). The Kier molecular flexibility index (Phi) is 5.03. The standard InChI is InChI=1S/C20H19N5O4/c1-29-18-12(4-2-6-16(18)26)20(28)24-14-5-3-9-25-17(27)10-15(23-19(14)25)13-7-8-21-11-22-13/h2,4,7-8,10-11,14H,3,5-6,9H2,1H3,(H,24,28). The van der Waals surface area contributed by atoms with Gasteiger partial charge in [0.2, 0.25) is 5.78 Å². The number of amides is 1. The van der Waals surface area contributed by atoms with Gasteiger partial charge in [0, 0.05) is 25.2 Å². The van der Waals surface area contributed by atoms with Gasteiger partial charge in [-0.15, -0.1) is 0 Å². The van der Waals surface area contributed by atoms with E-state index in [1.807, 2.05) is 0 Å². The highest BCUT2D eigenvalue weighted by molar-refractivity contribution is 6.08. The maximum atomic E-state index is 12.8. The van der Waals surface area contributed by atoms with Crippen molar-refractivity contribution in [3.05, 3.63) is 64.3 Å².